The van der Waals surface area contributed by atoms with Crippen LogP contribution in [0, 0.1) is 0 Å². The lowest BCUT2D eigenvalue weighted by Crippen LogP contribution is -2.52. The first-order valence-corrected chi connectivity index (χ1v) is 7.08. The number of carboxylic acid groups (broad SMARTS) is 1. The van der Waals surface area contributed by atoms with Gasteiger partial charge >= 0.3 is 12.0 Å². The topological polar surface area (TPSA) is 69.6 Å². The van der Waals surface area contributed by atoms with E-state index in [1.807, 2.05) is 43.3 Å². The van der Waals surface area contributed by atoms with Crippen molar-refractivity contribution < 1.29 is 14.7 Å². The molecule has 2 N–H and O–H groups in total. The number of rotatable bonds is 4. The molecule has 0 fully saturated rings. The van der Waals surface area contributed by atoms with Crippen LogP contribution in [0.4, 0.5) is 4.79 Å². The van der Waals surface area contributed by atoms with Gasteiger partial charge in [0.15, 0.2) is 0 Å². The fraction of sp³-hybridized carbons (Fsp3) is 0.375. The van der Waals surface area contributed by atoms with E-state index in [4.69, 9.17) is 0 Å². The largest absolute Gasteiger partial charge is 0.480 e. The summed E-state index contributed by atoms with van der Waals surface area (Å²) in [7, 11) is 0. The van der Waals surface area contributed by atoms with E-state index in [1.54, 1.807) is 0 Å². The number of carbonyl (C=O) groups is 2. The van der Waals surface area contributed by atoms with Gasteiger partial charge in [0.1, 0.15) is 6.04 Å². The number of benzene rings is 1. The number of carboxylic acids is 1. The minimum atomic E-state index is -0.965. The Morgan fingerprint density at radius 3 is 2.76 bits per heavy atom. The number of carbonyl (C=O) groups excluding carboxylic acids is 1. The molecule has 1 aromatic carbocycles. The van der Waals surface area contributed by atoms with Gasteiger partial charge in [-0.05, 0) is 24.5 Å². The van der Waals surface area contributed by atoms with E-state index in [0.717, 1.165) is 17.5 Å². The lowest BCUT2D eigenvalue weighted by molar-refractivity contribution is -0.142. The Hall–Kier alpha value is -2.30. The molecule has 0 saturated carbocycles. The molecule has 0 saturated heterocycles. The lowest BCUT2D eigenvalue weighted by Gasteiger charge is -2.34. The van der Waals surface area contributed by atoms with E-state index in [-0.39, 0.29) is 6.03 Å². The Morgan fingerprint density at radius 1 is 1.38 bits per heavy atom. The average molecular weight is 288 g/mol. The molecule has 112 valence electrons. The Bertz CT molecular complexity index is 554. The third kappa shape index (κ3) is 3.62. The molecule has 1 atom stereocenters. The predicted molar refractivity (Wildman–Crippen MR) is 79.9 cm³/mol. The van der Waals surface area contributed by atoms with Crippen molar-refractivity contribution in [1.82, 2.24) is 10.2 Å². The number of amides is 2. The maximum atomic E-state index is 12.2. The molecular weight excluding hydrogens is 268 g/mol. The number of nitrogens with one attached hydrogen (secondary N) is 1. The van der Waals surface area contributed by atoms with Crippen molar-refractivity contribution in [2.24, 2.45) is 0 Å². The van der Waals surface area contributed by atoms with Crippen LogP contribution in [0.1, 0.15) is 24.5 Å². The van der Waals surface area contributed by atoms with Crippen LogP contribution in [0.5, 0.6) is 0 Å². The van der Waals surface area contributed by atoms with Gasteiger partial charge in [0, 0.05) is 19.5 Å². The molecule has 0 unspecified atom stereocenters. The zero-order valence-corrected chi connectivity index (χ0v) is 12.1. The second-order valence-corrected chi connectivity index (χ2v) is 5.04. The van der Waals surface area contributed by atoms with Crippen LogP contribution in [-0.2, 0) is 17.8 Å². The molecule has 5 nitrogen and oxygen atoms in total. The average Bonchev–Trinajstić information content (AvgIpc) is 2.50. The standard InChI is InChI=1S/C16H20N2O3/c1-2-3-6-9-17-16(21)18-11-13-8-5-4-7-12(13)10-14(18)15(19)20/h2-5,7-8,14H,6,9-11H2,1H3,(H,17,21)(H,19,20)/b3-2+/t14-/m1/s1. The molecule has 21 heavy (non-hydrogen) atoms. The number of allylic oxidation sites excluding steroid dienone is 1. The van der Waals surface area contributed by atoms with Crippen LogP contribution in [-0.4, -0.2) is 34.6 Å². The number of urea groups is 1. The van der Waals surface area contributed by atoms with Gasteiger partial charge < -0.3 is 15.3 Å². The van der Waals surface area contributed by atoms with Gasteiger partial charge in [-0.3, -0.25) is 0 Å². The number of hydrogen-bond donors (Lipinski definition) is 2. The van der Waals surface area contributed by atoms with Gasteiger partial charge in [0.25, 0.3) is 0 Å². The highest BCUT2D eigenvalue weighted by atomic mass is 16.4. The molecule has 1 aliphatic rings. The summed E-state index contributed by atoms with van der Waals surface area (Å²) in [5, 5.41) is 12.1. The monoisotopic (exact) mass is 288 g/mol. The number of fused-ring (bicyclic) bond motifs is 1. The van der Waals surface area contributed by atoms with E-state index in [0.29, 0.717) is 19.5 Å². The summed E-state index contributed by atoms with van der Waals surface area (Å²) >= 11 is 0. The highest BCUT2D eigenvalue weighted by Crippen LogP contribution is 2.23. The van der Waals surface area contributed by atoms with Crippen LogP contribution in [0.3, 0.4) is 0 Å². The second-order valence-electron chi connectivity index (χ2n) is 5.04. The van der Waals surface area contributed by atoms with E-state index >= 15 is 0 Å². The van der Waals surface area contributed by atoms with Crippen molar-refractivity contribution >= 4 is 12.0 Å². The fourth-order valence-electron chi connectivity index (χ4n) is 2.49. The number of aliphatic carboxylic acids is 1. The van der Waals surface area contributed by atoms with E-state index in [1.165, 1.54) is 4.90 Å². The van der Waals surface area contributed by atoms with Crippen molar-refractivity contribution in [1.29, 1.82) is 0 Å². The van der Waals surface area contributed by atoms with E-state index in [2.05, 4.69) is 5.32 Å². The molecule has 0 aliphatic carbocycles. The Labute approximate surface area is 124 Å². The molecule has 2 amide bonds. The van der Waals surface area contributed by atoms with Crippen molar-refractivity contribution in [3.8, 4) is 0 Å². The highest BCUT2D eigenvalue weighted by molar-refractivity contribution is 5.83. The first-order chi connectivity index (χ1) is 10.1. The van der Waals surface area contributed by atoms with Crippen molar-refractivity contribution in [3.63, 3.8) is 0 Å². The molecule has 1 aliphatic heterocycles. The first kappa shape index (κ1) is 15.1. The van der Waals surface area contributed by atoms with Crippen molar-refractivity contribution in [3.05, 3.63) is 47.5 Å². The minimum Gasteiger partial charge on any atom is -0.480 e. The van der Waals surface area contributed by atoms with Gasteiger partial charge in [-0.1, -0.05) is 36.4 Å². The zero-order chi connectivity index (χ0) is 15.2. The van der Waals surface area contributed by atoms with Gasteiger partial charge in [-0.2, -0.15) is 0 Å². The van der Waals surface area contributed by atoms with Gasteiger partial charge in [-0.25, -0.2) is 9.59 Å². The number of hydrogen-bond acceptors (Lipinski definition) is 2. The Kier molecular flexibility index (Phi) is 4.98. The van der Waals surface area contributed by atoms with Crippen LogP contribution in [0.2, 0.25) is 0 Å². The summed E-state index contributed by atoms with van der Waals surface area (Å²) in [6.07, 6.45) is 4.97. The summed E-state index contributed by atoms with van der Waals surface area (Å²) < 4.78 is 0. The normalized spacial score (nSPS) is 17.6. The molecule has 2 rings (SSSR count). The third-order valence-corrected chi connectivity index (χ3v) is 3.62. The van der Waals surface area contributed by atoms with E-state index < -0.39 is 12.0 Å². The minimum absolute atomic E-state index is 0.318. The van der Waals surface area contributed by atoms with E-state index in [9.17, 15) is 14.7 Å². The molecule has 0 aromatic heterocycles. The lowest BCUT2D eigenvalue weighted by atomic mass is 9.94. The Morgan fingerprint density at radius 2 is 2.10 bits per heavy atom. The SMILES string of the molecule is C/C=C/CCNC(=O)N1Cc2ccccc2C[C@@H]1C(=O)O. The number of nitrogens with zero attached hydrogens (tertiary/aromatic N) is 1. The quantitative estimate of drug-likeness (QED) is 0.659. The third-order valence-electron chi connectivity index (χ3n) is 3.62. The zero-order valence-electron chi connectivity index (χ0n) is 12.1. The Balaban J connectivity index is 2.09. The van der Waals surface area contributed by atoms with Crippen molar-refractivity contribution in [2.75, 3.05) is 6.54 Å². The van der Waals surface area contributed by atoms with Crippen LogP contribution >= 0.6 is 0 Å². The summed E-state index contributed by atoms with van der Waals surface area (Å²) in [4.78, 5) is 25.0. The van der Waals surface area contributed by atoms with Crippen LogP contribution < -0.4 is 5.32 Å². The highest BCUT2D eigenvalue weighted by Gasteiger charge is 2.34. The molecule has 0 spiro atoms. The summed E-state index contributed by atoms with van der Waals surface area (Å²) in [5.74, 6) is -0.965. The molecular formula is C16H20N2O3. The molecule has 5 heteroatoms. The molecule has 1 aromatic rings. The summed E-state index contributed by atoms with van der Waals surface area (Å²) in [6.45, 7) is 2.76. The van der Waals surface area contributed by atoms with Gasteiger partial charge in [-0.15, -0.1) is 0 Å². The van der Waals surface area contributed by atoms with Crippen LogP contribution in [0.25, 0.3) is 0 Å². The smallest absolute Gasteiger partial charge is 0.326 e. The van der Waals surface area contributed by atoms with Crippen LogP contribution in [0.15, 0.2) is 36.4 Å². The summed E-state index contributed by atoms with van der Waals surface area (Å²) in [6, 6.07) is 6.54. The maximum absolute atomic E-state index is 12.2. The first-order valence-electron chi connectivity index (χ1n) is 7.08. The summed E-state index contributed by atoms with van der Waals surface area (Å²) in [5.41, 5.74) is 2.02. The second kappa shape index (κ2) is 6.92. The van der Waals surface area contributed by atoms with Gasteiger partial charge in [0.2, 0.25) is 0 Å². The van der Waals surface area contributed by atoms with Crippen molar-refractivity contribution in [2.45, 2.75) is 32.4 Å². The molecule has 1 heterocycles. The fourth-order valence-corrected chi connectivity index (χ4v) is 2.49. The maximum Gasteiger partial charge on any atom is 0.326 e. The predicted octanol–water partition coefficient (Wildman–Crippen LogP) is 2.17. The molecule has 0 bridgehead atoms. The van der Waals surface area contributed by atoms with Gasteiger partial charge in [0.05, 0.1) is 0 Å². The molecule has 0 radical (unpaired) electrons.